The Kier molecular flexibility index (Phi) is 7.58. The largest absolute Gasteiger partial charge is 0.487 e. The number of ether oxygens (including phenoxy) is 1. The number of aryl methyl sites for hydroxylation is 2. The third-order valence-corrected chi connectivity index (χ3v) is 7.29. The van der Waals surface area contributed by atoms with Gasteiger partial charge in [-0.05, 0) is 50.1 Å². The van der Waals surface area contributed by atoms with Crippen LogP contribution in [-0.4, -0.2) is 28.6 Å². The zero-order valence-corrected chi connectivity index (χ0v) is 22.4. The number of carbonyl (C=O) groups is 2. The Morgan fingerprint density at radius 3 is 2.76 bits per heavy atom. The summed E-state index contributed by atoms with van der Waals surface area (Å²) in [6.45, 7) is 11.9. The van der Waals surface area contributed by atoms with Crippen LogP contribution in [-0.2, 0) is 22.6 Å². The first-order chi connectivity index (χ1) is 17.7. The molecule has 1 N–H and O–H groups in total. The third-order valence-electron chi connectivity index (χ3n) is 7.29. The number of hydrogen-bond acceptors (Lipinski definition) is 6. The van der Waals surface area contributed by atoms with Gasteiger partial charge in [-0.3, -0.25) is 14.6 Å². The minimum atomic E-state index is -0.655. The number of carbonyl (C=O) groups excluding carboxylic acids is 2. The lowest BCUT2D eigenvalue weighted by Crippen LogP contribution is -2.42. The second-order valence-corrected chi connectivity index (χ2v) is 10.3. The van der Waals surface area contributed by atoms with Gasteiger partial charge in [0, 0.05) is 65.1 Å². The van der Waals surface area contributed by atoms with Crippen molar-refractivity contribution < 1.29 is 14.3 Å². The fraction of sp³-hybridized carbons (Fsp3) is 0.355. The van der Waals surface area contributed by atoms with Gasteiger partial charge >= 0.3 is 0 Å². The van der Waals surface area contributed by atoms with Crippen LogP contribution in [0.25, 0.3) is 16.6 Å². The number of ketones is 2. The first-order valence-corrected chi connectivity index (χ1v) is 12.7. The molecule has 1 aromatic carbocycles. The number of fused-ring (bicyclic) bond motifs is 1. The predicted octanol–water partition coefficient (Wildman–Crippen LogP) is 5.69. The van der Waals surface area contributed by atoms with Crippen LogP contribution in [0.5, 0.6) is 5.75 Å². The maximum Gasteiger partial charge on any atom is 0.149 e. The van der Waals surface area contributed by atoms with Gasteiger partial charge in [-0.1, -0.05) is 38.6 Å². The summed E-state index contributed by atoms with van der Waals surface area (Å²) in [5.74, 6) is 0.0243. The van der Waals surface area contributed by atoms with Crippen LogP contribution in [0.15, 0.2) is 55.3 Å². The highest BCUT2D eigenvalue weighted by atomic mass is 16.5. The van der Waals surface area contributed by atoms with Crippen LogP contribution in [0.2, 0.25) is 0 Å². The molecule has 0 radical (unpaired) electrons. The Hall–Kier alpha value is -3.80. The predicted molar refractivity (Wildman–Crippen MR) is 147 cm³/mol. The van der Waals surface area contributed by atoms with Crippen molar-refractivity contribution in [2.45, 2.75) is 53.6 Å². The maximum atomic E-state index is 13.1. The number of aromatic nitrogens is 2. The molecule has 6 heteroatoms. The van der Waals surface area contributed by atoms with Gasteiger partial charge in [-0.2, -0.15) is 0 Å². The Balaban J connectivity index is 1.67. The highest BCUT2D eigenvalue weighted by Gasteiger charge is 2.42. The minimum Gasteiger partial charge on any atom is -0.487 e. The van der Waals surface area contributed by atoms with E-state index >= 15 is 0 Å². The minimum absolute atomic E-state index is 0.00750. The topological polar surface area (TPSA) is 81.2 Å². The first-order valence-electron chi connectivity index (χ1n) is 12.7. The fourth-order valence-electron chi connectivity index (χ4n) is 5.03. The van der Waals surface area contributed by atoms with Crippen molar-refractivity contribution in [3.63, 3.8) is 0 Å². The van der Waals surface area contributed by atoms with Gasteiger partial charge in [0.2, 0.25) is 0 Å². The van der Waals surface area contributed by atoms with Crippen LogP contribution in [0.3, 0.4) is 0 Å². The summed E-state index contributed by atoms with van der Waals surface area (Å²) in [6.07, 6.45) is 6.75. The Morgan fingerprint density at radius 1 is 1.24 bits per heavy atom. The number of nitrogens with one attached hydrogen (secondary N) is 1. The molecular formula is C31H35N3O3. The van der Waals surface area contributed by atoms with Gasteiger partial charge in [0.25, 0.3) is 0 Å². The number of nitrogens with zero attached hydrogens (tertiary/aromatic N) is 2. The van der Waals surface area contributed by atoms with Gasteiger partial charge < -0.3 is 10.1 Å². The zero-order valence-electron chi connectivity index (χ0n) is 22.4. The summed E-state index contributed by atoms with van der Waals surface area (Å²) in [4.78, 5) is 35.1. The molecule has 1 fully saturated rings. The molecule has 1 aliphatic carbocycles. The number of pyridine rings is 2. The number of para-hydroxylation sites is 1. The monoisotopic (exact) mass is 497 g/mol. The van der Waals surface area contributed by atoms with Crippen molar-refractivity contribution in [2.75, 3.05) is 7.05 Å². The highest BCUT2D eigenvalue weighted by molar-refractivity contribution is 6.07. The SMILES string of the molecule is C=C/C=C(\NC)c1cc(C)nc2c(OCc3c(C)ccnc3CC3C(=O)CCC(C)(C)C3=O)cccc12. The summed E-state index contributed by atoms with van der Waals surface area (Å²) in [7, 11) is 1.88. The van der Waals surface area contributed by atoms with Crippen molar-refractivity contribution in [1.29, 1.82) is 0 Å². The van der Waals surface area contributed by atoms with Crippen LogP contribution in [0, 0.1) is 25.2 Å². The number of hydrogen-bond donors (Lipinski definition) is 1. The quantitative estimate of drug-likeness (QED) is 0.318. The number of benzene rings is 1. The van der Waals surface area contributed by atoms with Crippen LogP contribution in [0.4, 0.5) is 0 Å². The summed E-state index contributed by atoms with van der Waals surface area (Å²) < 4.78 is 6.36. The van der Waals surface area contributed by atoms with Gasteiger partial charge in [-0.15, -0.1) is 0 Å². The summed E-state index contributed by atoms with van der Waals surface area (Å²) in [5, 5.41) is 4.21. The van der Waals surface area contributed by atoms with E-state index in [1.54, 1.807) is 12.3 Å². The first kappa shape index (κ1) is 26.3. The summed E-state index contributed by atoms with van der Waals surface area (Å²) >= 11 is 0. The lowest BCUT2D eigenvalue weighted by atomic mass is 9.69. The number of Topliss-reactive ketones (excluding diaryl/α,β-unsaturated/α-hetero) is 2. The maximum absolute atomic E-state index is 13.1. The van der Waals surface area contributed by atoms with Crippen LogP contribution in [0.1, 0.15) is 54.8 Å². The molecule has 2 aromatic heterocycles. The molecule has 1 saturated carbocycles. The van der Waals surface area contributed by atoms with Crippen molar-refractivity contribution in [3.8, 4) is 5.75 Å². The molecule has 192 valence electrons. The average Bonchev–Trinajstić information content (AvgIpc) is 2.87. The number of allylic oxidation sites excluding steroid dienone is 2. The van der Waals surface area contributed by atoms with E-state index < -0.39 is 11.3 Å². The molecule has 0 amide bonds. The molecule has 1 aliphatic rings. The van der Waals surface area contributed by atoms with Gasteiger partial charge in [0.15, 0.2) is 0 Å². The lowest BCUT2D eigenvalue weighted by Gasteiger charge is -2.32. The smallest absolute Gasteiger partial charge is 0.149 e. The van der Waals surface area contributed by atoms with E-state index in [4.69, 9.17) is 9.72 Å². The van der Waals surface area contributed by atoms with Gasteiger partial charge in [-0.25, -0.2) is 4.98 Å². The molecule has 0 spiro atoms. The van der Waals surface area contributed by atoms with Crippen LogP contribution >= 0.6 is 0 Å². The molecule has 1 atom stereocenters. The average molecular weight is 498 g/mol. The van der Waals surface area contributed by atoms with Crippen molar-refractivity contribution in [1.82, 2.24) is 15.3 Å². The van der Waals surface area contributed by atoms with Gasteiger partial charge in [0.05, 0.1) is 5.92 Å². The zero-order chi connectivity index (χ0) is 26.7. The van der Waals surface area contributed by atoms with Crippen molar-refractivity contribution in [2.24, 2.45) is 11.3 Å². The molecule has 4 rings (SSSR count). The lowest BCUT2D eigenvalue weighted by molar-refractivity contribution is -0.142. The summed E-state index contributed by atoms with van der Waals surface area (Å²) in [5.41, 5.74) is 5.76. The van der Waals surface area contributed by atoms with E-state index in [0.717, 1.165) is 44.7 Å². The van der Waals surface area contributed by atoms with E-state index in [-0.39, 0.29) is 18.2 Å². The van der Waals surface area contributed by atoms with E-state index in [2.05, 4.69) is 16.9 Å². The van der Waals surface area contributed by atoms with Gasteiger partial charge in [0.1, 0.15) is 29.4 Å². The van der Waals surface area contributed by atoms with Crippen molar-refractivity contribution in [3.05, 3.63) is 83.3 Å². The number of rotatable bonds is 8. The molecule has 6 nitrogen and oxygen atoms in total. The van der Waals surface area contributed by atoms with Crippen molar-refractivity contribution >= 4 is 28.2 Å². The summed E-state index contributed by atoms with van der Waals surface area (Å²) in [6, 6.07) is 9.87. The third kappa shape index (κ3) is 5.33. The second kappa shape index (κ2) is 10.7. The normalized spacial score (nSPS) is 17.6. The second-order valence-electron chi connectivity index (χ2n) is 10.3. The molecule has 3 aromatic rings. The fourth-order valence-corrected chi connectivity index (χ4v) is 5.03. The molecular weight excluding hydrogens is 462 g/mol. The van der Waals surface area contributed by atoms with Crippen LogP contribution < -0.4 is 10.1 Å². The van der Waals surface area contributed by atoms with E-state index in [0.29, 0.717) is 25.0 Å². The highest BCUT2D eigenvalue weighted by Crippen LogP contribution is 2.36. The molecule has 0 saturated heterocycles. The Morgan fingerprint density at radius 2 is 2.03 bits per heavy atom. The molecule has 37 heavy (non-hydrogen) atoms. The molecule has 0 bridgehead atoms. The van der Waals surface area contributed by atoms with E-state index in [9.17, 15) is 9.59 Å². The molecule has 1 unspecified atom stereocenters. The molecule has 0 aliphatic heterocycles. The standard InChI is InChI=1S/C31H35N3O3/c1-7-9-25(32-6)22-16-20(3)34-29-21(22)10-8-11-28(29)37-18-24-19(2)13-15-33-26(24)17-23-27(35)12-14-31(4,5)30(23)36/h7-11,13,15-16,23,32H,1,12,14,17-18H2,2-6H3/b25-9-. The van der Waals surface area contributed by atoms with E-state index in [1.807, 2.05) is 71.2 Å². The molecule has 2 heterocycles. The Labute approximate surface area is 218 Å². The van der Waals surface area contributed by atoms with E-state index in [1.165, 1.54) is 0 Å². The Bertz CT molecular complexity index is 1400.